The van der Waals surface area contributed by atoms with Gasteiger partial charge in [0.15, 0.2) is 0 Å². The van der Waals surface area contributed by atoms with E-state index in [1.165, 1.54) is 0 Å². The van der Waals surface area contributed by atoms with Gasteiger partial charge in [-0.15, -0.1) is 11.6 Å². The van der Waals surface area contributed by atoms with Gasteiger partial charge in [-0.25, -0.2) is 9.52 Å². The minimum Gasteiger partial charge on any atom is -0.446 e. The number of nitrogens with one attached hydrogen (secondary N) is 2. The van der Waals surface area contributed by atoms with E-state index in [-0.39, 0.29) is 18.0 Å². The standard InChI is InChI=1S/C10H21ClN2O4S/c1-7(2)5-9(11)6-12-18(15,16)13-10(14)17-8(3)4/h7-9,12H,5-6H2,1-4H3,(H,13,14). The SMILES string of the molecule is CC(C)CC(Cl)CNS(=O)(=O)NC(=O)OC(C)C. The molecule has 0 fully saturated rings. The second kappa shape index (κ2) is 7.81. The first-order chi connectivity index (χ1) is 8.12. The third kappa shape index (κ3) is 9.49. The molecule has 0 rings (SSSR count). The number of ether oxygens (including phenoxy) is 1. The Morgan fingerprint density at radius 3 is 2.28 bits per heavy atom. The fourth-order valence-corrected chi connectivity index (χ4v) is 2.46. The van der Waals surface area contributed by atoms with E-state index in [0.717, 1.165) is 0 Å². The van der Waals surface area contributed by atoms with E-state index in [9.17, 15) is 13.2 Å². The lowest BCUT2D eigenvalue weighted by molar-refractivity contribution is 0.121. The summed E-state index contributed by atoms with van der Waals surface area (Å²) in [5, 5.41) is -0.317. The first kappa shape index (κ1) is 17.5. The zero-order valence-corrected chi connectivity index (χ0v) is 12.6. The van der Waals surface area contributed by atoms with Crippen LogP contribution in [0, 0.1) is 5.92 Å². The van der Waals surface area contributed by atoms with Crippen LogP contribution >= 0.6 is 11.6 Å². The van der Waals surface area contributed by atoms with Crippen LogP contribution in [-0.2, 0) is 14.9 Å². The molecule has 0 saturated heterocycles. The Balaban J connectivity index is 4.12. The number of carbonyl (C=O) groups excluding carboxylic acids is 1. The molecule has 0 aliphatic carbocycles. The highest BCUT2D eigenvalue weighted by atomic mass is 35.5. The van der Waals surface area contributed by atoms with Crippen molar-refractivity contribution in [1.82, 2.24) is 9.44 Å². The highest BCUT2D eigenvalue weighted by Crippen LogP contribution is 2.09. The van der Waals surface area contributed by atoms with Gasteiger partial charge in [0.05, 0.1) is 6.10 Å². The van der Waals surface area contributed by atoms with Crippen LogP contribution in [0.5, 0.6) is 0 Å². The highest BCUT2D eigenvalue weighted by Gasteiger charge is 2.17. The fourth-order valence-electron chi connectivity index (χ4n) is 1.18. The molecule has 0 radical (unpaired) electrons. The summed E-state index contributed by atoms with van der Waals surface area (Å²) in [7, 11) is -3.92. The molecule has 2 N–H and O–H groups in total. The van der Waals surface area contributed by atoms with E-state index in [0.29, 0.717) is 12.3 Å². The third-order valence-electron chi connectivity index (χ3n) is 1.78. The number of hydrogen-bond acceptors (Lipinski definition) is 4. The molecule has 0 aliphatic heterocycles. The molecule has 108 valence electrons. The summed E-state index contributed by atoms with van der Waals surface area (Å²) in [6.45, 7) is 7.28. The van der Waals surface area contributed by atoms with E-state index < -0.39 is 16.3 Å². The lowest BCUT2D eigenvalue weighted by Crippen LogP contribution is -2.43. The number of rotatable bonds is 7. The Hall–Kier alpha value is -0.530. The van der Waals surface area contributed by atoms with Crippen molar-refractivity contribution in [3.63, 3.8) is 0 Å². The summed E-state index contributed by atoms with van der Waals surface area (Å²) in [6, 6.07) is 0. The molecule has 1 atom stereocenters. The van der Waals surface area contributed by atoms with Crippen molar-refractivity contribution in [2.24, 2.45) is 5.92 Å². The van der Waals surface area contributed by atoms with E-state index in [1.807, 2.05) is 13.8 Å². The molecule has 0 aromatic heterocycles. The lowest BCUT2D eigenvalue weighted by Gasteiger charge is -2.14. The van der Waals surface area contributed by atoms with Crippen LogP contribution in [0.2, 0.25) is 0 Å². The maximum atomic E-state index is 11.4. The monoisotopic (exact) mass is 300 g/mol. The topological polar surface area (TPSA) is 84.5 Å². The van der Waals surface area contributed by atoms with Gasteiger partial charge in [-0.1, -0.05) is 13.8 Å². The van der Waals surface area contributed by atoms with E-state index in [1.54, 1.807) is 18.6 Å². The minimum absolute atomic E-state index is 0.0596. The van der Waals surface area contributed by atoms with Crippen LogP contribution in [-0.4, -0.2) is 32.5 Å². The third-order valence-corrected chi connectivity index (χ3v) is 3.10. The van der Waals surface area contributed by atoms with Gasteiger partial charge >= 0.3 is 16.3 Å². The molecule has 0 saturated carbocycles. The molecule has 1 unspecified atom stereocenters. The first-order valence-electron chi connectivity index (χ1n) is 5.74. The zero-order chi connectivity index (χ0) is 14.3. The number of amides is 1. The van der Waals surface area contributed by atoms with Crippen molar-refractivity contribution in [2.45, 2.75) is 45.6 Å². The fraction of sp³-hybridized carbons (Fsp3) is 0.900. The quantitative estimate of drug-likeness (QED) is 0.700. The molecular weight excluding hydrogens is 280 g/mol. The van der Waals surface area contributed by atoms with Crippen LogP contribution in [0.3, 0.4) is 0 Å². The smallest absolute Gasteiger partial charge is 0.422 e. The molecule has 0 aromatic carbocycles. The number of hydrogen-bond donors (Lipinski definition) is 2. The van der Waals surface area contributed by atoms with Crippen molar-refractivity contribution in [3.05, 3.63) is 0 Å². The number of carbonyl (C=O) groups is 1. The Bertz CT molecular complexity index is 357. The van der Waals surface area contributed by atoms with Crippen molar-refractivity contribution in [3.8, 4) is 0 Å². The summed E-state index contributed by atoms with van der Waals surface area (Å²) in [6.07, 6.45) is -0.713. The maximum absolute atomic E-state index is 11.4. The van der Waals surface area contributed by atoms with E-state index in [2.05, 4.69) is 9.46 Å². The van der Waals surface area contributed by atoms with Crippen LogP contribution in [0.25, 0.3) is 0 Å². The van der Waals surface area contributed by atoms with Crippen LogP contribution in [0.4, 0.5) is 4.79 Å². The summed E-state index contributed by atoms with van der Waals surface area (Å²) in [5.74, 6) is 0.371. The van der Waals surface area contributed by atoms with Crippen molar-refractivity contribution in [1.29, 1.82) is 0 Å². The Morgan fingerprint density at radius 1 is 1.28 bits per heavy atom. The molecule has 0 heterocycles. The highest BCUT2D eigenvalue weighted by molar-refractivity contribution is 7.88. The van der Waals surface area contributed by atoms with Crippen molar-refractivity contribution < 1.29 is 17.9 Å². The number of halogens is 1. The zero-order valence-electron chi connectivity index (χ0n) is 11.1. The molecule has 6 nitrogen and oxygen atoms in total. The van der Waals surface area contributed by atoms with Crippen molar-refractivity contribution in [2.75, 3.05) is 6.54 Å². The Morgan fingerprint density at radius 2 is 1.83 bits per heavy atom. The summed E-state index contributed by atoms with van der Waals surface area (Å²) in [5.41, 5.74) is 0. The lowest BCUT2D eigenvalue weighted by atomic mass is 10.1. The van der Waals surface area contributed by atoms with Gasteiger partial charge in [0, 0.05) is 11.9 Å². The molecule has 8 heteroatoms. The Labute approximate surface area is 114 Å². The molecule has 18 heavy (non-hydrogen) atoms. The van der Waals surface area contributed by atoms with Gasteiger partial charge in [-0.3, -0.25) is 0 Å². The second-order valence-corrected chi connectivity index (χ2v) is 6.75. The van der Waals surface area contributed by atoms with Gasteiger partial charge in [0.2, 0.25) is 0 Å². The van der Waals surface area contributed by atoms with Crippen LogP contribution in [0.15, 0.2) is 0 Å². The predicted octanol–water partition coefficient (Wildman–Crippen LogP) is 1.61. The average Bonchev–Trinajstić information content (AvgIpc) is 2.11. The van der Waals surface area contributed by atoms with Gasteiger partial charge in [-0.05, 0) is 26.2 Å². The first-order valence-corrected chi connectivity index (χ1v) is 7.66. The summed E-state index contributed by atoms with van der Waals surface area (Å²) >= 11 is 5.93. The molecule has 1 amide bonds. The van der Waals surface area contributed by atoms with Crippen LogP contribution in [0.1, 0.15) is 34.1 Å². The number of alkyl halides is 1. The molecule has 0 spiro atoms. The summed E-state index contributed by atoms with van der Waals surface area (Å²) in [4.78, 5) is 11.1. The molecule has 0 aromatic rings. The van der Waals surface area contributed by atoms with Gasteiger partial charge in [0.1, 0.15) is 0 Å². The van der Waals surface area contributed by atoms with Gasteiger partial charge in [0.25, 0.3) is 0 Å². The average molecular weight is 301 g/mol. The van der Waals surface area contributed by atoms with E-state index in [4.69, 9.17) is 11.6 Å². The van der Waals surface area contributed by atoms with Gasteiger partial charge in [-0.2, -0.15) is 13.1 Å². The minimum atomic E-state index is -3.92. The maximum Gasteiger partial charge on any atom is 0.422 e. The summed E-state index contributed by atoms with van der Waals surface area (Å²) < 4.78 is 31.5. The van der Waals surface area contributed by atoms with Crippen LogP contribution < -0.4 is 9.44 Å². The Kier molecular flexibility index (Phi) is 7.58. The normalized spacial score (nSPS) is 13.7. The van der Waals surface area contributed by atoms with E-state index >= 15 is 0 Å². The second-order valence-electron chi connectivity index (χ2n) is 4.63. The predicted molar refractivity (Wildman–Crippen MR) is 70.8 cm³/mol. The molecular formula is C10H21ClN2O4S. The van der Waals surface area contributed by atoms with Gasteiger partial charge < -0.3 is 4.74 Å². The molecule has 0 bridgehead atoms. The largest absolute Gasteiger partial charge is 0.446 e. The molecule has 0 aliphatic rings. The van der Waals surface area contributed by atoms with Crippen molar-refractivity contribution >= 4 is 27.9 Å².